The topological polar surface area (TPSA) is 123 Å². The minimum absolute atomic E-state index is 0.0421. The molecule has 0 bridgehead atoms. The monoisotopic (exact) mass is 808 g/mol. The molecule has 3 aromatic rings. The average molecular weight is 809 g/mol. The molecule has 0 spiro atoms. The van der Waals surface area contributed by atoms with Crippen LogP contribution in [0.3, 0.4) is 0 Å². The van der Waals surface area contributed by atoms with Crippen molar-refractivity contribution >= 4 is 52.4 Å². The highest BCUT2D eigenvalue weighted by atomic mass is 35.5. The second-order valence-electron chi connectivity index (χ2n) is 16.4. The van der Waals surface area contributed by atoms with Crippen LogP contribution in [-0.2, 0) is 22.7 Å². The number of amides is 4. The normalized spacial score (nSPS) is 24.2. The summed E-state index contributed by atoms with van der Waals surface area (Å²) in [7, 11) is 0. The molecule has 302 valence electrons. The van der Waals surface area contributed by atoms with Crippen LogP contribution < -0.4 is 19.9 Å². The van der Waals surface area contributed by atoms with E-state index in [1.165, 1.54) is 11.0 Å². The highest BCUT2D eigenvalue weighted by Gasteiger charge is 2.41. The predicted octanol–water partition coefficient (Wildman–Crippen LogP) is 5.57. The Morgan fingerprint density at radius 3 is 2.31 bits per heavy atom. The maximum atomic E-state index is 15.5. The van der Waals surface area contributed by atoms with E-state index in [4.69, 9.17) is 27.9 Å². The van der Waals surface area contributed by atoms with Gasteiger partial charge in [-0.15, -0.1) is 0 Å². The lowest BCUT2D eigenvalue weighted by Gasteiger charge is -2.40. The molecule has 1 atom stereocenters. The summed E-state index contributed by atoms with van der Waals surface area (Å²) in [5, 5.41) is 2.71. The third-order valence-corrected chi connectivity index (χ3v) is 13.3. The molecule has 6 aliphatic rings. The van der Waals surface area contributed by atoms with Gasteiger partial charge in [-0.2, -0.15) is 0 Å². The van der Waals surface area contributed by atoms with Gasteiger partial charge in [0.2, 0.25) is 17.5 Å². The summed E-state index contributed by atoms with van der Waals surface area (Å²) in [6.45, 7) is 13.7. The maximum absolute atomic E-state index is 15.5. The van der Waals surface area contributed by atoms with E-state index in [0.717, 1.165) is 82.8 Å². The van der Waals surface area contributed by atoms with Crippen molar-refractivity contribution in [1.29, 1.82) is 0 Å². The van der Waals surface area contributed by atoms with E-state index in [0.29, 0.717) is 58.8 Å². The van der Waals surface area contributed by atoms with Crippen molar-refractivity contribution < 1.29 is 28.3 Å². The standard InChI is InChI=1S/C43H46ClFN8O5/c1-46-35-8-6-30(21-33(35)44)58-29-4-2-28(3-5-29)52-25-36-31(42(52)56)7-10-39(47-36)51-14-12-26(13-15-51)23-49-16-18-50(19-17-49)38-20-27-24-53(43(57)32(27)22-34(38)45)37-9-11-40(54)48-41(37)55/h6-8,10,20-22,26,28-29,37H,2-5,9,11-19,23-25H2,(H,48,54,55). The number of carbonyl (C=O) groups is 4. The molecule has 1 saturated carbocycles. The van der Waals surface area contributed by atoms with Crippen LogP contribution in [0.25, 0.3) is 4.85 Å². The first-order chi connectivity index (χ1) is 28.1. The van der Waals surface area contributed by atoms with Crippen LogP contribution in [0.15, 0.2) is 42.5 Å². The summed E-state index contributed by atoms with van der Waals surface area (Å²) >= 11 is 6.20. The molecular formula is C43H46ClFN8O5. The van der Waals surface area contributed by atoms with E-state index in [2.05, 4.69) is 24.9 Å². The number of imide groups is 1. The number of anilines is 2. The molecule has 15 heteroatoms. The Morgan fingerprint density at radius 1 is 0.828 bits per heavy atom. The first kappa shape index (κ1) is 38.3. The molecule has 5 aliphatic heterocycles. The summed E-state index contributed by atoms with van der Waals surface area (Å²) in [5.41, 5.74) is 3.45. The van der Waals surface area contributed by atoms with Crippen LogP contribution >= 0.6 is 11.6 Å². The van der Waals surface area contributed by atoms with Crippen LogP contribution in [0.2, 0.25) is 5.02 Å². The van der Waals surface area contributed by atoms with Gasteiger partial charge in [0.15, 0.2) is 0 Å². The molecule has 6 heterocycles. The highest BCUT2D eigenvalue weighted by Crippen LogP contribution is 2.36. The van der Waals surface area contributed by atoms with E-state index in [1.54, 1.807) is 24.3 Å². The van der Waals surface area contributed by atoms with E-state index >= 15 is 4.39 Å². The minimum Gasteiger partial charge on any atom is -0.490 e. The number of piperidine rings is 2. The number of halogens is 2. The second-order valence-corrected chi connectivity index (χ2v) is 16.9. The lowest BCUT2D eigenvalue weighted by Crippen LogP contribution is -2.52. The van der Waals surface area contributed by atoms with Crippen molar-refractivity contribution in [1.82, 2.24) is 25.0 Å². The molecule has 1 unspecified atom stereocenters. The molecule has 4 amide bonds. The Bertz CT molecular complexity index is 2190. The van der Waals surface area contributed by atoms with Gasteiger partial charge < -0.3 is 24.3 Å². The summed E-state index contributed by atoms with van der Waals surface area (Å²) in [6.07, 6.45) is 5.96. The number of benzene rings is 2. The van der Waals surface area contributed by atoms with E-state index in [1.807, 2.05) is 17.0 Å². The smallest absolute Gasteiger partial charge is 0.256 e. The lowest BCUT2D eigenvalue weighted by atomic mass is 9.92. The van der Waals surface area contributed by atoms with Gasteiger partial charge in [0.25, 0.3) is 11.8 Å². The number of hydrogen-bond acceptors (Lipinski definition) is 9. The summed E-state index contributed by atoms with van der Waals surface area (Å²) in [6, 6.07) is 11.6. The third kappa shape index (κ3) is 7.46. The molecular weight excluding hydrogens is 763 g/mol. The lowest BCUT2D eigenvalue weighted by molar-refractivity contribution is -0.136. The van der Waals surface area contributed by atoms with Crippen LogP contribution in [-0.4, -0.2) is 107 Å². The highest BCUT2D eigenvalue weighted by molar-refractivity contribution is 6.33. The number of ether oxygens (including phenoxy) is 1. The van der Waals surface area contributed by atoms with Crippen molar-refractivity contribution in [2.24, 2.45) is 5.92 Å². The van der Waals surface area contributed by atoms with Crippen LogP contribution in [0, 0.1) is 18.3 Å². The van der Waals surface area contributed by atoms with Crippen LogP contribution in [0.1, 0.15) is 83.3 Å². The zero-order chi connectivity index (χ0) is 40.1. The molecule has 2 aromatic carbocycles. The number of carbonyl (C=O) groups excluding carboxylic acids is 4. The van der Waals surface area contributed by atoms with Crippen molar-refractivity contribution in [2.75, 3.05) is 55.6 Å². The fraction of sp³-hybridized carbons (Fsp3) is 0.488. The molecule has 13 nitrogen and oxygen atoms in total. The summed E-state index contributed by atoms with van der Waals surface area (Å²) in [4.78, 5) is 69.4. The van der Waals surface area contributed by atoms with Gasteiger partial charge >= 0.3 is 0 Å². The van der Waals surface area contributed by atoms with Gasteiger partial charge in [0, 0.05) is 70.4 Å². The van der Waals surface area contributed by atoms with Gasteiger partial charge in [0.05, 0.1) is 41.2 Å². The number of pyridine rings is 1. The van der Waals surface area contributed by atoms with Gasteiger partial charge in [-0.05, 0) is 92.8 Å². The number of piperazine rings is 1. The first-order valence-corrected chi connectivity index (χ1v) is 20.8. The van der Waals surface area contributed by atoms with Gasteiger partial charge in [0.1, 0.15) is 23.4 Å². The second kappa shape index (κ2) is 15.8. The zero-order valence-electron chi connectivity index (χ0n) is 32.3. The van der Waals surface area contributed by atoms with Crippen molar-refractivity contribution in [2.45, 2.75) is 82.6 Å². The largest absolute Gasteiger partial charge is 0.490 e. The Labute approximate surface area is 341 Å². The number of nitrogens with one attached hydrogen (secondary N) is 1. The SMILES string of the molecule is [C-]#[N+]c1ccc(OC2CCC(N3Cc4nc(N5CCC(CN6CCN(c7cc8c(cc7F)C(=O)N(C7CCC(=O)NC7=O)C8)CC6)CC5)ccc4C3=O)CC2)cc1Cl. The average Bonchev–Trinajstić information content (AvgIpc) is 3.73. The molecule has 1 aromatic heterocycles. The Morgan fingerprint density at radius 2 is 1.59 bits per heavy atom. The molecule has 58 heavy (non-hydrogen) atoms. The minimum atomic E-state index is -0.727. The van der Waals surface area contributed by atoms with Crippen LogP contribution in [0.4, 0.5) is 21.6 Å². The molecule has 1 N–H and O–H groups in total. The Balaban J connectivity index is 0.731. The molecule has 9 rings (SSSR count). The first-order valence-electron chi connectivity index (χ1n) is 20.5. The quantitative estimate of drug-likeness (QED) is 0.230. The molecule has 1 aliphatic carbocycles. The van der Waals surface area contributed by atoms with Gasteiger partial charge in [-0.25, -0.2) is 14.2 Å². The number of aromatic nitrogens is 1. The van der Waals surface area contributed by atoms with E-state index in [9.17, 15) is 19.2 Å². The predicted molar refractivity (Wildman–Crippen MR) is 215 cm³/mol. The number of nitrogens with zero attached hydrogens (tertiary/aromatic N) is 7. The zero-order valence-corrected chi connectivity index (χ0v) is 33.1. The van der Waals surface area contributed by atoms with Crippen molar-refractivity contribution in [3.8, 4) is 5.75 Å². The number of hydrogen-bond donors (Lipinski definition) is 1. The maximum Gasteiger partial charge on any atom is 0.256 e. The van der Waals surface area contributed by atoms with Crippen LogP contribution in [0.5, 0.6) is 5.75 Å². The van der Waals surface area contributed by atoms with E-state index < -0.39 is 17.8 Å². The van der Waals surface area contributed by atoms with Gasteiger partial charge in [-0.1, -0.05) is 17.7 Å². The molecule has 3 saturated heterocycles. The molecule has 0 radical (unpaired) electrons. The number of fused-ring (bicyclic) bond motifs is 2. The Hall–Kier alpha value is -5.26. The van der Waals surface area contributed by atoms with Crippen molar-refractivity contribution in [3.63, 3.8) is 0 Å². The Kier molecular flexibility index (Phi) is 10.4. The number of rotatable bonds is 8. The summed E-state index contributed by atoms with van der Waals surface area (Å²) in [5.74, 6) is 0.585. The molecule has 4 fully saturated rings. The fourth-order valence-corrected chi connectivity index (χ4v) is 9.90. The van der Waals surface area contributed by atoms with Crippen molar-refractivity contribution in [3.05, 3.63) is 87.1 Å². The van der Waals surface area contributed by atoms with E-state index in [-0.39, 0.29) is 54.8 Å². The summed E-state index contributed by atoms with van der Waals surface area (Å²) < 4.78 is 21.6. The fourth-order valence-electron chi connectivity index (χ4n) is 9.68. The third-order valence-electron chi connectivity index (χ3n) is 13.0. The van der Waals surface area contributed by atoms with Gasteiger partial charge in [-0.3, -0.25) is 29.4 Å².